The fraction of sp³-hybridized carbons (Fsp3) is 0.571. The van der Waals surface area contributed by atoms with E-state index in [1.54, 1.807) is 4.90 Å². The number of benzene rings is 1. The van der Waals surface area contributed by atoms with Crippen molar-refractivity contribution >= 4 is 11.4 Å². The van der Waals surface area contributed by atoms with E-state index in [2.05, 4.69) is 11.8 Å². The molecule has 0 bridgehead atoms. The molecule has 1 fully saturated rings. The SMILES string of the molecule is CCN1CCN(c2ccc(N)cc2C(F)(F)F)CC1C. The van der Waals surface area contributed by atoms with E-state index < -0.39 is 11.7 Å². The van der Waals surface area contributed by atoms with Crippen LogP contribution in [0.15, 0.2) is 18.2 Å². The van der Waals surface area contributed by atoms with Crippen molar-refractivity contribution in [3.63, 3.8) is 0 Å². The first-order valence-electron chi connectivity index (χ1n) is 6.78. The second-order valence-corrected chi connectivity index (χ2v) is 5.20. The van der Waals surface area contributed by atoms with Gasteiger partial charge in [-0.05, 0) is 31.7 Å². The van der Waals surface area contributed by atoms with Crippen molar-refractivity contribution in [2.24, 2.45) is 0 Å². The van der Waals surface area contributed by atoms with Gasteiger partial charge in [0.1, 0.15) is 0 Å². The number of nitrogen functional groups attached to an aromatic ring is 1. The molecule has 20 heavy (non-hydrogen) atoms. The highest BCUT2D eigenvalue weighted by Gasteiger charge is 2.36. The Hall–Kier alpha value is -1.43. The Bertz CT molecular complexity index is 473. The second-order valence-electron chi connectivity index (χ2n) is 5.20. The van der Waals surface area contributed by atoms with E-state index in [0.717, 1.165) is 19.2 Å². The first-order chi connectivity index (χ1) is 9.32. The van der Waals surface area contributed by atoms with Gasteiger partial charge in [0.05, 0.1) is 5.56 Å². The van der Waals surface area contributed by atoms with Gasteiger partial charge in [0.2, 0.25) is 0 Å². The Morgan fingerprint density at radius 3 is 2.55 bits per heavy atom. The maximum atomic E-state index is 13.1. The Balaban J connectivity index is 2.30. The lowest BCUT2D eigenvalue weighted by Crippen LogP contribution is -2.52. The third-order valence-electron chi connectivity index (χ3n) is 3.84. The summed E-state index contributed by atoms with van der Waals surface area (Å²) < 4.78 is 39.4. The average Bonchev–Trinajstić information content (AvgIpc) is 2.37. The first-order valence-corrected chi connectivity index (χ1v) is 6.78. The molecule has 0 radical (unpaired) electrons. The summed E-state index contributed by atoms with van der Waals surface area (Å²) in [5.74, 6) is 0. The van der Waals surface area contributed by atoms with Gasteiger partial charge in [-0.2, -0.15) is 13.2 Å². The fourth-order valence-electron chi connectivity index (χ4n) is 2.74. The third-order valence-corrected chi connectivity index (χ3v) is 3.84. The molecule has 0 saturated carbocycles. The molecule has 0 aromatic heterocycles. The average molecular weight is 287 g/mol. The van der Waals surface area contributed by atoms with E-state index >= 15 is 0 Å². The second kappa shape index (κ2) is 5.52. The Morgan fingerprint density at radius 1 is 1.30 bits per heavy atom. The minimum Gasteiger partial charge on any atom is -0.399 e. The molecule has 1 aliphatic heterocycles. The van der Waals surface area contributed by atoms with Crippen molar-refractivity contribution in [2.45, 2.75) is 26.1 Å². The molecule has 2 N–H and O–H groups in total. The van der Waals surface area contributed by atoms with Crippen LogP contribution in [-0.4, -0.2) is 37.1 Å². The molecule has 6 heteroatoms. The quantitative estimate of drug-likeness (QED) is 0.849. The van der Waals surface area contributed by atoms with Gasteiger partial charge in [-0.1, -0.05) is 6.92 Å². The minimum absolute atomic E-state index is 0.140. The summed E-state index contributed by atoms with van der Waals surface area (Å²) in [4.78, 5) is 4.07. The molecule has 3 nitrogen and oxygen atoms in total. The van der Waals surface area contributed by atoms with Gasteiger partial charge in [-0.15, -0.1) is 0 Å². The fourth-order valence-corrected chi connectivity index (χ4v) is 2.74. The zero-order valence-corrected chi connectivity index (χ0v) is 11.7. The molecule has 1 aromatic carbocycles. The number of likely N-dealkylation sites (N-methyl/N-ethyl adjacent to an activating group) is 1. The number of hydrogen-bond acceptors (Lipinski definition) is 3. The van der Waals surface area contributed by atoms with Crippen molar-refractivity contribution in [3.8, 4) is 0 Å². The largest absolute Gasteiger partial charge is 0.418 e. The van der Waals surface area contributed by atoms with Crippen LogP contribution in [0.1, 0.15) is 19.4 Å². The minimum atomic E-state index is -4.38. The summed E-state index contributed by atoms with van der Waals surface area (Å²) >= 11 is 0. The summed E-state index contributed by atoms with van der Waals surface area (Å²) in [6.07, 6.45) is -4.38. The normalized spacial score (nSPS) is 21.2. The lowest BCUT2D eigenvalue weighted by Gasteiger charge is -2.41. The van der Waals surface area contributed by atoms with Gasteiger partial charge in [-0.3, -0.25) is 4.90 Å². The van der Waals surface area contributed by atoms with Crippen LogP contribution in [0.2, 0.25) is 0 Å². The van der Waals surface area contributed by atoms with Crippen molar-refractivity contribution in [2.75, 3.05) is 36.8 Å². The number of anilines is 2. The standard InChI is InChI=1S/C14H20F3N3/c1-3-19-6-7-20(9-10(19)2)13-5-4-11(18)8-12(13)14(15,16)17/h4-5,8,10H,3,6-7,9,18H2,1-2H3. The predicted octanol–water partition coefficient (Wildman–Crippen LogP) is 2.82. The molecule has 1 atom stereocenters. The maximum absolute atomic E-state index is 13.1. The van der Waals surface area contributed by atoms with Crippen LogP contribution in [0, 0.1) is 0 Å². The zero-order chi connectivity index (χ0) is 14.9. The van der Waals surface area contributed by atoms with Crippen LogP contribution in [0.5, 0.6) is 0 Å². The van der Waals surface area contributed by atoms with Crippen molar-refractivity contribution in [3.05, 3.63) is 23.8 Å². The Kier molecular flexibility index (Phi) is 4.13. The molecule has 1 aliphatic rings. The van der Waals surface area contributed by atoms with Gasteiger partial charge in [0.15, 0.2) is 0 Å². The molecule has 0 amide bonds. The van der Waals surface area contributed by atoms with Crippen molar-refractivity contribution in [1.29, 1.82) is 0 Å². The number of rotatable bonds is 2. The van der Waals surface area contributed by atoms with Crippen LogP contribution in [0.4, 0.5) is 24.5 Å². The van der Waals surface area contributed by atoms with E-state index in [0.29, 0.717) is 13.1 Å². The number of piperazine rings is 1. The van der Waals surface area contributed by atoms with Crippen LogP contribution >= 0.6 is 0 Å². The van der Waals surface area contributed by atoms with Crippen molar-refractivity contribution < 1.29 is 13.2 Å². The van der Waals surface area contributed by atoms with Crippen LogP contribution < -0.4 is 10.6 Å². The van der Waals surface area contributed by atoms with Gasteiger partial charge < -0.3 is 10.6 Å². The summed E-state index contributed by atoms with van der Waals surface area (Å²) in [7, 11) is 0. The summed E-state index contributed by atoms with van der Waals surface area (Å²) in [5, 5.41) is 0. The Labute approximate surface area is 117 Å². The van der Waals surface area contributed by atoms with Crippen LogP contribution in [0.3, 0.4) is 0 Å². The number of alkyl halides is 3. The molecular formula is C14H20F3N3. The Morgan fingerprint density at radius 2 is 2.00 bits per heavy atom. The molecule has 1 heterocycles. The number of halogens is 3. The van der Waals surface area contributed by atoms with Gasteiger partial charge >= 0.3 is 6.18 Å². The third kappa shape index (κ3) is 3.00. The number of hydrogen-bond donors (Lipinski definition) is 1. The number of nitrogens with zero attached hydrogens (tertiary/aromatic N) is 2. The molecule has 1 unspecified atom stereocenters. The number of nitrogens with two attached hydrogens (primary N) is 1. The molecule has 0 aliphatic carbocycles. The molecule has 1 aromatic rings. The van der Waals surface area contributed by atoms with E-state index in [9.17, 15) is 13.2 Å². The zero-order valence-electron chi connectivity index (χ0n) is 11.7. The van der Waals surface area contributed by atoms with Crippen LogP contribution in [0.25, 0.3) is 0 Å². The first kappa shape index (κ1) is 15.0. The van der Waals surface area contributed by atoms with E-state index in [4.69, 9.17) is 5.73 Å². The maximum Gasteiger partial charge on any atom is 0.418 e. The van der Waals surface area contributed by atoms with E-state index in [1.807, 2.05) is 6.92 Å². The topological polar surface area (TPSA) is 32.5 Å². The van der Waals surface area contributed by atoms with Gasteiger partial charge in [0.25, 0.3) is 0 Å². The summed E-state index contributed by atoms with van der Waals surface area (Å²) in [6, 6.07) is 4.27. The van der Waals surface area contributed by atoms with E-state index in [1.165, 1.54) is 12.1 Å². The predicted molar refractivity (Wildman–Crippen MR) is 74.8 cm³/mol. The smallest absolute Gasteiger partial charge is 0.399 e. The molecular weight excluding hydrogens is 267 g/mol. The summed E-state index contributed by atoms with van der Waals surface area (Å²) in [5.41, 5.74) is 5.22. The van der Waals surface area contributed by atoms with Gasteiger partial charge in [0, 0.05) is 37.1 Å². The highest BCUT2D eigenvalue weighted by Crippen LogP contribution is 2.38. The molecule has 0 spiro atoms. The van der Waals surface area contributed by atoms with E-state index in [-0.39, 0.29) is 17.4 Å². The molecule has 2 rings (SSSR count). The highest BCUT2D eigenvalue weighted by molar-refractivity contribution is 5.61. The molecule has 112 valence electrons. The monoisotopic (exact) mass is 287 g/mol. The van der Waals surface area contributed by atoms with Gasteiger partial charge in [-0.25, -0.2) is 0 Å². The highest BCUT2D eigenvalue weighted by atomic mass is 19.4. The molecule has 1 saturated heterocycles. The van der Waals surface area contributed by atoms with Crippen molar-refractivity contribution in [1.82, 2.24) is 4.90 Å². The summed E-state index contributed by atoms with van der Waals surface area (Å²) in [6.45, 7) is 7.00. The lowest BCUT2D eigenvalue weighted by molar-refractivity contribution is -0.137. The lowest BCUT2D eigenvalue weighted by atomic mass is 10.1. The van der Waals surface area contributed by atoms with Crippen LogP contribution in [-0.2, 0) is 6.18 Å².